The maximum atomic E-state index is 13.0. The van der Waals surface area contributed by atoms with Gasteiger partial charge in [-0.15, -0.1) is 0 Å². The third kappa shape index (κ3) is 32.5. The topological polar surface area (TPSA) is 117 Å². The van der Waals surface area contributed by atoms with Gasteiger partial charge >= 0.3 is 11.9 Å². The van der Waals surface area contributed by atoms with Crippen molar-refractivity contribution in [3.8, 4) is 0 Å². The molecule has 0 spiro atoms. The van der Waals surface area contributed by atoms with Crippen molar-refractivity contribution >= 4 is 23.8 Å². The van der Waals surface area contributed by atoms with Crippen molar-refractivity contribution in [2.75, 3.05) is 52.5 Å². The Morgan fingerprint density at radius 1 is 0.383 bits per heavy atom. The van der Waals surface area contributed by atoms with Gasteiger partial charge in [0.2, 0.25) is 11.8 Å². The number of nitrogens with one attached hydrogen (secondary N) is 2. The van der Waals surface area contributed by atoms with Gasteiger partial charge in [-0.1, -0.05) is 207 Å². The maximum Gasteiger partial charge on any atom is 0.320 e. The zero-order valence-electron chi connectivity index (χ0n) is 39.8. The van der Waals surface area contributed by atoms with Crippen LogP contribution < -0.4 is 10.6 Å². The summed E-state index contributed by atoms with van der Waals surface area (Å²) in [5, 5.41) is 5.38. The number of carbonyl (C=O) groups excluding carboxylic acids is 4. The second kappa shape index (κ2) is 40.8. The summed E-state index contributed by atoms with van der Waals surface area (Å²) in [5.41, 5.74) is 0. The Hall–Kier alpha value is -2.20. The van der Waals surface area contributed by atoms with E-state index in [-0.39, 0.29) is 38.2 Å². The second-order valence-electron chi connectivity index (χ2n) is 17.9. The van der Waals surface area contributed by atoms with Gasteiger partial charge in [0.25, 0.3) is 0 Å². The van der Waals surface area contributed by atoms with Gasteiger partial charge < -0.3 is 20.1 Å². The lowest BCUT2D eigenvalue weighted by molar-refractivity contribution is -0.153. The Bertz CT molecular complexity index is 924. The molecule has 0 aromatic rings. The fourth-order valence-electron chi connectivity index (χ4n) is 8.14. The van der Waals surface area contributed by atoms with Crippen molar-refractivity contribution in [1.29, 1.82) is 0 Å². The van der Waals surface area contributed by atoms with Crippen LogP contribution in [0.15, 0.2) is 0 Å². The molecule has 1 saturated heterocycles. The average Bonchev–Trinajstić information content (AvgIpc) is 3.23. The molecule has 352 valence electrons. The van der Waals surface area contributed by atoms with Gasteiger partial charge in [-0.25, -0.2) is 0 Å². The molecule has 1 aliphatic rings. The summed E-state index contributed by atoms with van der Waals surface area (Å²) in [7, 11) is 0. The predicted octanol–water partition coefficient (Wildman–Crippen LogP) is 11.2. The zero-order valence-corrected chi connectivity index (χ0v) is 39.8. The van der Waals surface area contributed by atoms with Crippen LogP contribution in [0.1, 0.15) is 233 Å². The van der Waals surface area contributed by atoms with Crippen LogP contribution in [0.4, 0.5) is 0 Å². The van der Waals surface area contributed by atoms with Gasteiger partial charge in [0.05, 0.1) is 13.1 Å². The van der Waals surface area contributed by atoms with E-state index in [1.165, 1.54) is 154 Å². The summed E-state index contributed by atoms with van der Waals surface area (Å²) < 4.78 is 11.1. The Kier molecular flexibility index (Phi) is 38.0. The van der Waals surface area contributed by atoms with E-state index in [1.807, 2.05) is 0 Å². The number of hydrogen-bond donors (Lipinski definition) is 2. The number of hydrogen-bond acceptors (Lipinski definition) is 8. The first-order chi connectivity index (χ1) is 29.3. The monoisotopic (exact) mass is 849 g/mol. The summed E-state index contributed by atoms with van der Waals surface area (Å²) in [6, 6.07) is -1.95. The number of carbonyl (C=O) groups is 4. The van der Waals surface area contributed by atoms with Crippen LogP contribution in [0, 0.1) is 0 Å². The highest BCUT2D eigenvalue weighted by Crippen LogP contribution is 2.14. The van der Waals surface area contributed by atoms with Crippen LogP contribution >= 0.6 is 0 Å². The lowest BCUT2D eigenvalue weighted by Crippen LogP contribution is -2.64. The molecule has 2 N–H and O–H groups in total. The third-order valence-electron chi connectivity index (χ3n) is 12.1. The molecular weight excluding hydrogens is 753 g/mol. The minimum atomic E-state index is -0.976. The molecule has 0 unspecified atom stereocenters. The summed E-state index contributed by atoms with van der Waals surface area (Å²) >= 11 is 0. The highest BCUT2D eigenvalue weighted by atomic mass is 16.5. The van der Waals surface area contributed by atoms with Gasteiger partial charge in [0, 0.05) is 0 Å². The van der Waals surface area contributed by atoms with E-state index in [2.05, 4.69) is 48.1 Å². The molecule has 60 heavy (non-hydrogen) atoms. The third-order valence-corrected chi connectivity index (χ3v) is 12.1. The number of esters is 2. The van der Waals surface area contributed by atoms with Crippen LogP contribution in [-0.4, -0.2) is 98.1 Å². The average molecular weight is 849 g/mol. The quantitative estimate of drug-likeness (QED) is 0.0460. The highest BCUT2D eigenvalue weighted by molar-refractivity contribution is 5.97. The van der Waals surface area contributed by atoms with E-state index in [0.717, 1.165) is 77.5 Å². The minimum Gasteiger partial charge on any atom is -0.462 e. The first-order valence-corrected chi connectivity index (χ1v) is 25.7. The SMILES string of the molecule is CCCCCCCCCCN(CCCCCCCCCC)CC(=O)OC[C@@H]1NC(=O)[C@H](COC(=O)CN(CCCCCCCCCC)CCCCCCCCCC)NC1=O. The number of nitrogens with zero attached hydrogens (tertiary/aromatic N) is 2. The molecule has 1 heterocycles. The van der Waals surface area contributed by atoms with Crippen LogP contribution in [0.3, 0.4) is 0 Å². The standard InChI is InChI=1S/C50H96N4O6/c1-5-9-13-17-21-25-29-33-37-53(38-34-30-26-22-18-14-10-6-2)41-47(55)59-43-45-49(57)52-46(50(58)51-45)44-60-48(56)42-54(39-35-31-27-23-19-15-11-7-3)40-36-32-28-24-20-16-12-8-4/h45-46H,5-44H2,1-4H3,(H,51,58)(H,52,57)/t45-,46-/m0/s1. The van der Waals surface area contributed by atoms with Crippen LogP contribution in [-0.2, 0) is 28.7 Å². The first-order valence-electron chi connectivity index (χ1n) is 25.7. The minimum absolute atomic E-state index is 0.184. The lowest BCUT2D eigenvalue weighted by atomic mass is 10.1. The maximum absolute atomic E-state index is 13.0. The summed E-state index contributed by atoms with van der Waals surface area (Å²) in [6.07, 6.45) is 39.7. The molecule has 0 aromatic carbocycles. The summed E-state index contributed by atoms with van der Waals surface area (Å²) in [5.74, 6) is -1.64. The van der Waals surface area contributed by atoms with Crippen molar-refractivity contribution in [2.45, 2.75) is 245 Å². The molecule has 1 fully saturated rings. The van der Waals surface area contributed by atoms with E-state index in [9.17, 15) is 19.2 Å². The number of rotatable bonds is 44. The molecule has 0 radical (unpaired) electrons. The van der Waals surface area contributed by atoms with E-state index < -0.39 is 23.9 Å². The molecule has 2 amide bonds. The molecule has 1 rings (SSSR count). The smallest absolute Gasteiger partial charge is 0.320 e. The summed E-state index contributed by atoms with van der Waals surface area (Å²) in [6.45, 7) is 12.3. The molecule has 10 nitrogen and oxygen atoms in total. The Morgan fingerprint density at radius 3 is 0.833 bits per heavy atom. The van der Waals surface area contributed by atoms with Crippen molar-refractivity contribution in [3.05, 3.63) is 0 Å². The van der Waals surface area contributed by atoms with Gasteiger partial charge in [0.1, 0.15) is 25.3 Å². The number of amides is 2. The van der Waals surface area contributed by atoms with Crippen molar-refractivity contribution in [1.82, 2.24) is 20.4 Å². The van der Waals surface area contributed by atoms with Gasteiger partial charge in [-0.2, -0.15) is 0 Å². The van der Waals surface area contributed by atoms with Crippen molar-refractivity contribution in [3.63, 3.8) is 0 Å². The van der Waals surface area contributed by atoms with Crippen LogP contribution in [0.5, 0.6) is 0 Å². The van der Waals surface area contributed by atoms with E-state index in [4.69, 9.17) is 9.47 Å². The lowest BCUT2D eigenvalue weighted by Gasteiger charge is -2.29. The molecule has 2 atom stereocenters. The fraction of sp³-hybridized carbons (Fsp3) is 0.920. The Morgan fingerprint density at radius 2 is 0.600 bits per heavy atom. The fourth-order valence-corrected chi connectivity index (χ4v) is 8.14. The first kappa shape index (κ1) is 55.8. The molecule has 10 heteroatoms. The van der Waals surface area contributed by atoms with Crippen LogP contribution in [0.25, 0.3) is 0 Å². The van der Waals surface area contributed by atoms with Crippen molar-refractivity contribution < 1.29 is 28.7 Å². The predicted molar refractivity (Wildman–Crippen MR) is 249 cm³/mol. The molecule has 0 saturated carbocycles. The van der Waals surface area contributed by atoms with Gasteiger partial charge in [0.15, 0.2) is 0 Å². The number of unbranched alkanes of at least 4 members (excludes halogenated alkanes) is 28. The summed E-state index contributed by atoms with van der Waals surface area (Å²) in [4.78, 5) is 56.4. The Balaban J connectivity index is 2.53. The van der Waals surface area contributed by atoms with E-state index in [0.29, 0.717) is 0 Å². The molecular formula is C50H96N4O6. The van der Waals surface area contributed by atoms with E-state index in [1.54, 1.807) is 0 Å². The van der Waals surface area contributed by atoms with Crippen molar-refractivity contribution in [2.24, 2.45) is 0 Å². The molecule has 0 aliphatic carbocycles. The number of piperazine rings is 1. The molecule has 1 aliphatic heterocycles. The van der Waals surface area contributed by atoms with Gasteiger partial charge in [-0.3, -0.25) is 29.0 Å². The normalized spacial score (nSPS) is 15.4. The Labute approximate surface area is 369 Å². The van der Waals surface area contributed by atoms with Crippen LogP contribution in [0.2, 0.25) is 0 Å². The largest absolute Gasteiger partial charge is 0.462 e. The molecule has 0 aromatic heterocycles. The zero-order chi connectivity index (χ0) is 43.7. The van der Waals surface area contributed by atoms with E-state index >= 15 is 0 Å². The van der Waals surface area contributed by atoms with Gasteiger partial charge in [-0.05, 0) is 51.9 Å². The second-order valence-corrected chi connectivity index (χ2v) is 17.9. The molecule has 0 bridgehead atoms. The highest BCUT2D eigenvalue weighted by Gasteiger charge is 2.35. The number of ether oxygens (including phenoxy) is 2.